The summed E-state index contributed by atoms with van der Waals surface area (Å²) in [6.07, 6.45) is 7.56. The molecule has 0 aromatic rings. The van der Waals surface area contributed by atoms with Crippen LogP contribution in [0.4, 0.5) is 0 Å². The van der Waals surface area contributed by atoms with Crippen LogP contribution < -0.4 is 0 Å². The predicted octanol–water partition coefficient (Wildman–Crippen LogP) is 3.32. The van der Waals surface area contributed by atoms with Gasteiger partial charge in [0, 0.05) is 0 Å². The van der Waals surface area contributed by atoms with Crippen molar-refractivity contribution in [3.63, 3.8) is 0 Å². The molecule has 0 rings (SSSR count). The highest BCUT2D eigenvalue weighted by Gasteiger charge is 2.05. The highest BCUT2D eigenvalue weighted by molar-refractivity contribution is 4.81. The first kappa shape index (κ1) is 11.4. The molecule has 0 aromatic carbocycles. The van der Waals surface area contributed by atoms with Gasteiger partial charge in [0.2, 0.25) is 0 Å². The summed E-state index contributed by atoms with van der Waals surface area (Å²) in [5.41, 5.74) is 0. The molecule has 1 atom stereocenters. The zero-order valence-corrected chi connectivity index (χ0v) is 8.25. The molecule has 0 spiro atoms. The Morgan fingerprint density at radius 3 is 2.42 bits per heavy atom. The van der Waals surface area contributed by atoms with Gasteiger partial charge in [-0.05, 0) is 33.1 Å². The lowest BCUT2D eigenvalue weighted by molar-refractivity contribution is 0.0304. The lowest BCUT2D eigenvalue weighted by atomic mass is 10.1. The monoisotopic (exact) mass is 168 g/mol. The lowest BCUT2D eigenvalue weighted by Gasteiger charge is -2.16. The number of ether oxygens (including phenoxy) is 1. The zero-order valence-electron chi connectivity index (χ0n) is 8.25. The van der Waals surface area contributed by atoms with Crippen LogP contribution in [0.1, 0.15) is 33.1 Å². The minimum atomic E-state index is 0.213. The van der Waals surface area contributed by atoms with Crippen LogP contribution in [0.2, 0.25) is 0 Å². The molecule has 0 radical (unpaired) electrons. The number of unbranched alkanes of at least 4 members (excludes halogenated alkanes) is 1. The largest absolute Gasteiger partial charge is 0.372 e. The summed E-state index contributed by atoms with van der Waals surface area (Å²) in [5, 5.41) is 0. The van der Waals surface area contributed by atoms with Crippen LogP contribution in [0.25, 0.3) is 0 Å². The Balaban J connectivity index is 3.52. The normalized spacial score (nSPS) is 12.9. The fourth-order valence-corrected chi connectivity index (χ4v) is 1.05. The summed E-state index contributed by atoms with van der Waals surface area (Å²) >= 11 is 0. The van der Waals surface area contributed by atoms with Crippen molar-refractivity contribution in [2.24, 2.45) is 0 Å². The van der Waals surface area contributed by atoms with Crippen LogP contribution in [0, 0.1) is 0 Å². The van der Waals surface area contributed by atoms with E-state index >= 15 is 0 Å². The molecule has 12 heavy (non-hydrogen) atoms. The minimum absolute atomic E-state index is 0.213. The van der Waals surface area contributed by atoms with Crippen LogP contribution >= 0.6 is 0 Å². The summed E-state index contributed by atoms with van der Waals surface area (Å²) in [5.74, 6) is 0. The van der Waals surface area contributed by atoms with Gasteiger partial charge in [0.15, 0.2) is 0 Å². The summed E-state index contributed by atoms with van der Waals surface area (Å²) in [7, 11) is 0. The Morgan fingerprint density at radius 1 is 1.33 bits per heavy atom. The SMILES string of the molecule is C=CCCCC(C=C)OC(C)C. The molecule has 1 nitrogen and oxygen atoms in total. The van der Waals surface area contributed by atoms with Gasteiger partial charge in [-0.3, -0.25) is 0 Å². The number of allylic oxidation sites excluding steroid dienone is 1. The standard InChI is InChI=1S/C11H20O/c1-5-7-8-9-11(6-2)12-10(3)4/h5-6,10-11H,1-2,7-9H2,3-4H3. The van der Waals surface area contributed by atoms with E-state index in [4.69, 9.17) is 4.74 Å². The molecule has 1 unspecified atom stereocenters. The molecule has 0 saturated carbocycles. The van der Waals surface area contributed by atoms with Crippen LogP contribution in [0.5, 0.6) is 0 Å². The maximum atomic E-state index is 5.59. The van der Waals surface area contributed by atoms with E-state index in [0.29, 0.717) is 0 Å². The van der Waals surface area contributed by atoms with Crippen molar-refractivity contribution in [3.05, 3.63) is 25.3 Å². The van der Waals surface area contributed by atoms with Crippen molar-refractivity contribution >= 4 is 0 Å². The Hall–Kier alpha value is -0.560. The van der Waals surface area contributed by atoms with Crippen molar-refractivity contribution < 1.29 is 4.74 Å². The van der Waals surface area contributed by atoms with Gasteiger partial charge in [0.1, 0.15) is 0 Å². The molecule has 0 aromatic heterocycles. The van der Waals surface area contributed by atoms with Crippen molar-refractivity contribution in [3.8, 4) is 0 Å². The van der Waals surface area contributed by atoms with Crippen LogP contribution in [0.15, 0.2) is 25.3 Å². The van der Waals surface area contributed by atoms with Crippen molar-refractivity contribution in [1.29, 1.82) is 0 Å². The molecule has 0 aliphatic heterocycles. The molecule has 0 N–H and O–H groups in total. The predicted molar refractivity (Wildman–Crippen MR) is 54.3 cm³/mol. The van der Waals surface area contributed by atoms with Crippen LogP contribution in [-0.2, 0) is 4.74 Å². The highest BCUT2D eigenvalue weighted by Crippen LogP contribution is 2.08. The first-order valence-electron chi connectivity index (χ1n) is 4.59. The van der Waals surface area contributed by atoms with Gasteiger partial charge < -0.3 is 4.74 Å². The maximum absolute atomic E-state index is 5.59. The second kappa shape index (κ2) is 7.11. The van der Waals surface area contributed by atoms with Gasteiger partial charge in [-0.1, -0.05) is 12.2 Å². The molecule has 0 saturated heterocycles. The topological polar surface area (TPSA) is 9.23 Å². The van der Waals surface area contributed by atoms with Gasteiger partial charge in [-0.15, -0.1) is 13.2 Å². The number of hydrogen-bond donors (Lipinski definition) is 0. The van der Waals surface area contributed by atoms with E-state index in [2.05, 4.69) is 13.2 Å². The highest BCUT2D eigenvalue weighted by atomic mass is 16.5. The van der Waals surface area contributed by atoms with Crippen LogP contribution in [0.3, 0.4) is 0 Å². The Kier molecular flexibility index (Phi) is 6.78. The van der Waals surface area contributed by atoms with Crippen LogP contribution in [-0.4, -0.2) is 12.2 Å². The molecule has 0 aliphatic carbocycles. The first-order chi connectivity index (χ1) is 5.70. The van der Waals surface area contributed by atoms with E-state index in [0.717, 1.165) is 19.3 Å². The third-order valence-corrected chi connectivity index (χ3v) is 1.61. The molecule has 0 aliphatic rings. The maximum Gasteiger partial charge on any atom is 0.0756 e. The smallest absolute Gasteiger partial charge is 0.0756 e. The van der Waals surface area contributed by atoms with E-state index in [1.807, 2.05) is 26.0 Å². The Morgan fingerprint density at radius 2 is 2.00 bits per heavy atom. The average Bonchev–Trinajstić information content (AvgIpc) is 2.02. The molecule has 0 fully saturated rings. The second-order valence-corrected chi connectivity index (χ2v) is 3.18. The molecule has 1 heteroatoms. The molecule has 0 bridgehead atoms. The zero-order chi connectivity index (χ0) is 9.40. The van der Waals surface area contributed by atoms with E-state index in [1.165, 1.54) is 0 Å². The quantitative estimate of drug-likeness (QED) is 0.418. The van der Waals surface area contributed by atoms with E-state index in [1.54, 1.807) is 0 Å². The lowest BCUT2D eigenvalue weighted by Crippen LogP contribution is -2.14. The summed E-state index contributed by atoms with van der Waals surface area (Å²) in [4.78, 5) is 0. The number of hydrogen-bond acceptors (Lipinski definition) is 1. The van der Waals surface area contributed by atoms with E-state index in [9.17, 15) is 0 Å². The fourth-order valence-electron chi connectivity index (χ4n) is 1.05. The third kappa shape index (κ3) is 6.17. The summed E-state index contributed by atoms with van der Waals surface area (Å²) < 4.78 is 5.59. The summed E-state index contributed by atoms with van der Waals surface area (Å²) in [6.45, 7) is 11.5. The van der Waals surface area contributed by atoms with Gasteiger partial charge >= 0.3 is 0 Å². The molecule has 0 heterocycles. The first-order valence-corrected chi connectivity index (χ1v) is 4.59. The Bertz CT molecular complexity index is 127. The van der Waals surface area contributed by atoms with Gasteiger partial charge in [-0.2, -0.15) is 0 Å². The molecular formula is C11H20O. The fraction of sp³-hybridized carbons (Fsp3) is 0.636. The van der Waals surface area contributed by atoms with Crippen molar-refractivity contribution in [1.82, 2.24) is 0 Å². The van der Waals surface area contributed by atoms with Gasteiger partial charge in [0.25, 0.3) is 0 Å². The third-order valence-electron chi connectivity index (χ3n) is 1.61. The summed E-state index contributed by atoms with van der Waals surface area (Å²) in [6, 6.07) is 0. The second-order valence-electron chi connectivity index (χ2n) is 3.18. The Labute approximate surface area is 76.1 Å². The molecular weight excluding hydrogens is 148 g/mol. The van der Waals surface area contributed by atoms with Crippen molar-refractivity contribution in [2.45, 2.75) is 45.3 Å². The van der Waals surface area contributed by atoms with E-state index < -0.39 is 0 Å². The van der Waals surface area contributed by atoms with Gasteiger partial charge in [0.05, 0.1) is 12.2 Å². The van der Waals surface area contributed by atoms with E-state index in [-0.39, 0.29) is 12.2 Å². The average molecular weight is 168 g/mol. The van der Waals surface area contributed by atoms with Gasteiger partial charge in [-0.25, -0.2) is 0 Å². The number of rotatable bonds is 7. The molecule has 70 valence electrons. The molecule has 0 amide bonds. The minimum Gasteiger partial charge on any atom is -0.372 e. The van der Waals surface area contributed by atoms with Crippen molar-refractivity contribution in [2.75, 3.05) is 0 Å².